The predicted octanol–water partition coefficient (Wildman–Crippen LogP) is 6.37. The molecule has 0 unspecified atom stereocenters. The fourth-order valence-electron chi connectivity index (χ4n) is 8.05. The monoisotopic (exact) mass is 623 g/mol. The van der Waals surface area contributed by atoms with Crippen LogP contribution in [0.25, 0.3) is 11.1 Å². The van der Waals surface area contributed by atoms with Crippen molar-refractivity contribution in [3.8, 4) is 11.1 Å². The largest absolute Gasteiger partial charge is 0.369 e. The molecule has 3 aromatic rings. The Bertz CT molecular complexity index is 1580. The van der Waals surface area contributed by atoms with Crippen molar-refractivity contribution in [2.45, 2.75) is 97.7 Å². The smallest absolute Gasteiger partial charge is 0.253 e. The fraction of sp³-hybridized carbons (Fsp3) is 0.538. The molecule has 0 bridgehead atoms. The molecular formula is C39H53N5O2. The lowest BCUT2D eigenvalue weighted by Gasteiger charge is -2.37. The Morgan fingerprint density at radius 1 is 0.913 bits per heavy atom. The van der Waals surface area contributed by atoms with E-state index >= 15 is 0 Å². The Morgan fingerprint density at radius 2 is 1.61 bits per heavy atom. The summed E-state index contributed by atoms with van der Waals surface area (Å²) in [4.78, 5) is 37.6. The van der Waals surface area contributed by atoms with Crippen molar-refractivity contribution in [3.63, 3.8) is 0 Å². The van der Waals surface area contributed by atoms with Crippen molar-refractivity contribution in [3.05, 3.63) is 85.8 Å². The van der Waals surface area contributed by atoms with Crippen LogP contribution in [0.4, 0.5) is 5.69 Å². The van der Waals surface area contributed by atoms with Gasteiger partial charge < -0.3 is 20.1 Å². The van der Waals surface area contributed by atoms with Crippen LogP contribution in [0.15, 0.2) is 41.2 Å². The number of carbonyl (C=O) groups excluding carboxylic acids is 1. The maximum Gasteiger partial charge on any atom is 0.253 e. The van der Waals surface area contributed by atoms with E-state index in [0.29, 0.717) is 11.6 Å². The number of likely N-dealkylation sites (N-methyl/N-ethyl adjacent to an activating group) is 1. The quantitative estimate of drug-likeness (QED) is 0.290. The first-order valence-electron chi connectivity index (χ1n) is 17.8. The van der Waals surface area contributed by atoms with E-state index in [9.17, 15) is 9.59 Å². The second-order valence-corrected chi connectivity index (χ2v) is 13.9. The van der Waals surface area contributed by atoms with E-state index in [1.165, 1.54) is 43.2 Å². The molecule has 0 spiro atoms. The Kier molecular flexibility index (Phi) is 10.3. The average molecular weight is 624 g/mol. The molecule has 6 rings (SSSR count). The minimum Gasteiger partial charge on any atom is -0.369 e. The van der Waals surface area contributed by atoms with Gasteiger partial charge in [-0.05, 0) is 112 Å². The molecule has 1 amide bonds. The van der Waals surface area contributed by atoms with Gasteiger partial charge in [-0.1, -0.05) is 43.5 Å². The molecule has 1 aromatic heterocycles. The molecule has 2 heterocycles. The minimum atomic E-state index is -0.114. The average Bonchev–Trinajstić information content (AvgIpc) is 3.07. The molecule has 7 nitrogen and oxygen atoms in total. The highest BCUT2D eigenvalue weighted by atomic mass is 16.1. The van der Waals surface area contributed by atoms with Crippen LogP contribution in [0, 0.1) is 13.8 Å². The fourth-order valence-corrected chi connectivity index (χ4v) is 8.05. The van der Waals surface area contributed by atoms with Gasteiger partial charge in [0.05, 0.1) is 0 Å². The van der Waals surface area contributed by atoms with E-state index in [1.54, 1.807) is 0 Å². The molecular weight excluding hydrogens is 570 g/mol. The lowest BCUT2D eigenvalue weighted by Crippen LogP contribution is -2.43. The number of pyridine rings is 1. The van der Waals surface area contributed by atoms with Crippen LogP contribution >= 0.6 is 0 Å². The number of carbonyl (C=O) groups is 1. The topological polar surface area (TPSA) is 71.7 Å². The van der Waals surface area contributed by atoms with Crippen molar-refractivity contribution in [1.29, 1.82) is 0 Å². The zero-order chi connectivity index (χ0) is 32.2. The molecule has 46 heavy (non-hydrogen) atoms. The number of hydrogen-bond donors (Lipinski definition) is 2. The molecule has 7 heteroatoms. The summed E-state index contributed by atoms with van der Waals surface area (Å²) in [7, 11) is 2.19. The van der Waals surface area contributed by atoms with Crippen LogP contribution in [0.1, 0.15) is 95.7 Å². The Labute approximate surface area is 275 Å². The number of nitrogens with zero attached hydrogens (tertiary/aromatic N) is 3. The highest BCUT2D eigenvalue weighted by Gasteiger charge is 2.25. The summed E-state index contributed by atoms with van der Waals surface area (Å²) in [6, 6.07) is 13.8. The number of aromatic nitrogens is 1. The van der Waals surface area contributed by atoms with Gasteiger partial charge in [0, 0.05) is 74.4 Å². The number of amides is 1. The molecule has 2 N–H and O–H groups in total. The third-order valence-electron chi connectivity index (χ3n) is 10.9. The predicted molar refractivity (Wildman–Crippen MR) is 189 cm³/mol. The molecule has 0 radical (unpaired) electrons. The first kappa shape index (κ1) is 32.5. The molecule has 246 valence electrons. The summed E-state index contributed by atoms with van der Waals surface area (Å²) in [5, 5.41) is 3.18. The van der Waals surface area contributed by atoms with E-state index in [4.69, 9.17) is 0 Å². The Hall–Kier alpha value is -3.42. The zero-order valence-corrected chi connectivity index (χ0v) is 28.5. The van der Waals surface area contributed by atoms with Gasteiger partial charge in [-0.15, -0.1) is 0 Å². The summed E-state index contributed by atoms with van der Waals surface area (Å²) in [5.74, 6) is -0.114. The molecule has 1 aliphatic heterocycles. The third-order valence-corrected chi connectivity index (χ3v) is 10.9. The summed E-state index contributed by atoms with van der Waals surface area (Å²) in [6.45, 7) is 12.9. The van der Waals surface area contributed by atoms with E-state index in [2.05, 4.69) is 82.3 Å². The minimum absolute atomic E-state index is 0.0734. The van der Waals surface area contributed by atoms with Crippen molar-refractivity contribution in [1.82, 2.24) is 20.1 Å². The standard InChI is InChI=1S/C39H53N5O2/c1-5-44(32-11-7-6-8-12-32)37-24-31(30-17-15-29(16-18-30)26-43-21-19-42(4)20-22-43)23-35(27(37)2)38(45)40-25-36-34-14-10-9-13-33(34)28(3)41-39(36)46/h15-18,23-24,32H,5-14,19-22,25-26H2,1-4H3,(H,40,45)(H,41,46). The van der Waals surface area contributed by atoms with Gasteiger partial charge in [-0.25, -0.2) is 0 Å². The number of hydrogen-bond acceptors (Lipinski definition) is 5. The molecule has 3 aliphatic rings. The van der Waals surface area contributed by atoms with Crippen LogP contribution < -0.4 is 15.8 Å². The molecule has 2 aromatic carbocycles. The normalized spacial score (nSPS) is 17.9. The third kappa shape index (κ3) is 7.11. The molecule has 1 saturated heterocycles. The molecule has 2 fully saturated rings. The number of fused-ring (bicyclic) bond motifs is 1. The lowest BCUT2D eigenvalue weighted by molar-refractivity contribution is 0.0950. The van der Waals surface area contributed by atoms with E-state index < -0.39 is 0 Å². The maximum atomic E-state index is 14.1. The van der Waals surface area contributed by atoms with Crippen LogP contribution in [-0.4, -0.2) is 66.5 Å². The summed E-state index contributed by atoms with van der Waals surface area (Å²) in [6.07, 6.45) is 10.4. The Morgan fingerprint density at radius 3 is 2.30 bits per heavy atom. The first-order valence-corrected chi connectivity index (χ1v) is 17.8. The van der Waals surface area contributed by atoms with Gasteiger partial charge in [-0.3, -0.25) is 14.5 Å². The van der Waals surface area contributed by atoms with Crippen molar-refractivity contribution in [2.75, 3.05) is 44.7 Å². The van der Waals surface area contributed by atoms with Crippen LogP contribution in [-0.2, 0) is 25.9 Å². The van der Waals surface area contributed by atoms with E-state index in [0.717, 1.165) is 104 Å². The van der Waals surface area contributed by atoms with E-state index in [-0.39, 0.29) is 18.0 Å². The SMILES string of the molecule is CCN(c1cc(-c2ccc(CN3CCN(C)CC3)cc2)cc(C(=O)NCc2c3c(c(C)[nH]c2=O)CCCC3)c1C)C1CCCCC1. The molecule has 2 aliphatic carbocycles. The second-order valence-electron chi connectivity index (χ2n) is 13.9. The maximum absolute atomic E-state index is 14.1. The lowest BCUT2D eigenvalue weighted by atomic mass is 9.88. The number of H-pyrrole nitrogens is 1. The van der Waals surface area contributed by atoms with Gasteiger partial charge in [-0.2, -0.15) is 0 Å². The van der Waals surface area contributed by atoms with Crippen molar-refractivity contribution >= 4 is 11.6 Å². The summed E-state index contributed by atoms with van der Waals surface area (Å²) < 4.78 is 0. The van der Waals surface area contributed by atoms with Gasteiger partial charge in [0.1, 0.15) is 0 Å². The van der Waals surface area contributed by atoms with E-state index in [1.807, 2.05) is 6.92 Å². The number of piperazine rings is 1. The van der Waals surface area contributed by atoms with Gasteiger partial charge in [0.2, 0.25) is 0 Å². The van der Waals surface area contributed by atoms with Crippen LogP contribution in [0.2, 0.25) is 0 Å². The van der Waals surface area contributed by atoms with Crippen LogP contribution in [0.3, 0.4) is 0 Å². The summed E-state index contributed by atoms with van der Waals surface area (Å²) in [5.41, 5.74) is 10.4. The molecule has 1 saturated carbocycles. The number of benzene rings is 2. The number of anilines is 1. The molecule has 0 atom stereocenters. The van der Waals surface area contributed by atoms with Crippen molar-refractivity contribution < 1.29 is 4.79 Å². The number of nitrogens with one attached hydrogen (secondary N) is 2. The van der Waals surface area contributed by atoms with Crippen molar-refractivity contribution in [2.24, 2.45) is 0 Å². The second kappa shape index (κ2) is 14.6. The van der Waals surface area contributed by atoms with Gasteiger partial charge >= 0.3 is 0 Å². The van der Waals surface area contributed by atoms with Gasteiger partial charge in [0.15, 0.2) is 0 Å². The number of aryl methyl sites for hydroxylation is 1. The first-order chi connectivity index (χ1) is 22.3. The Balaban J connectivity index is 1.30. The van der Waals surface area contributed by atoms with Crippen LogP contribution in [0.5, 0.6) is 0 Å². The highest BCUT2D eigenvalue weighted by Crippen LogP contribution is 2.35. The highest BCUT2D eigenvalue weighted by molar-refractivity contribution is 5.99. The zero-order valence-electron chi connectivity index (χ0n) is 28.5. The van der Waals surface area contributed by atoms with Gasteiger partial charge in [0.25, 0.3) is 11.5 Å². The number of rotatable bonds is 9. The number of aromatic amines is 1. The summed E-state index contributed by atoms with van der Waals surface area (Å²) >= 11 is 0.